The van der Waals surface area contributed by atoms with Gasteiger partial charge in [-0.25, -0.2) is 0 Å². The van der Waals surface area contributed by atoms with E-state index in [-0.39, 0.29) is 24.1 Å². The van der Waals surface area contributed by atoms with Crippen molar-refractivity contribution in [1.82, 2.24) is 19.7 Å². The first-order valence-corrected chi connectivity index (χ1v) is 8.84. The number of amides is 1. The van der Waals surface area contributed by atoms with E-state index >= 15 is 0 Å². The molecule has 1 atom stereocenters. The van der Waals surface area contributed by atoms with Crippen molar-refractivity contribution in [3.05, 3.63) is 52.4 Å². The van der Waals surface area contributed by atoms with E-state index in [9.17, 15) is 9.59 Å². The van der Waals surface area contributed by atoms with Crippen LogP contribution in [-0.4, -0.2) is 26.3 Å². The molecule has 0 radical (unpaired) electrons. The summed E-state index contributed by atoms with van der Waals surface area (Å²) < 4.78 is 3.18. The molecule has 2 heterocycles. The van der Waals surface area contributed by atoms with E-state index in [1.54, 1.807) is 17.8 Å². The highest BCUT2D eigenvalue weighted by Crippen LogP contribution is 2.29. The molecule has 6 heteroatoms. The number of benzene rings is 1. The molecule has 0 bridgehead atoms. The molecule has 3 aromatic rings. The molecule has 0 aliphatic heterocycles. The lowest BCUT2D eigenvalue weighted by Gasteiger charge is -2.15. The molecule has 2 aromatic heterocycles. The summed E-state index contributed by atoms with van der Waals surface area (Å²) in [6.45, 7) is 5.86. The summed E-state index contributed by atoms with van der Waals surface area (Å²) in [4.78, 5) is 25.2. The van der Waals surface area contributed by atoms with Gasteiger partial charge in [-0.2, -0.15) is 5.10 Å². The minimum atomic E-state index is -0.210. The van der Waals surface area contributed by atoms with Crippen LogP contribution < -0.4 is 10.9 Å². The van der Waals surface area contributed by atoms with Gasteiger partial charge in [0.2, 0.25) is 5.91 Å². The van der Waals surface area contributed by atoms with Gasteiger partial charge in [0.1, 0.15) is 12.2 Å². The fourth-order valence-corrected chi connectivity index (χ4v) is 3.21. The summed E-state index contributed by atoms with van der Waals surface area (Å²) in [7, 11) is 1.80. The summed E-state index contributed by atoms with van der Waals surface area (Å²) in [5.74, 6) is -0.172. The monoisotopic (exact) mass is 352 g/mol. The van der Waals surface area contributed by atoms with Crippen LogP contribution in [-0.2, 0) is 18.4 Å². The Hall–Kier alpha value is -2.89. The summed E-state index contributed by atoms with van der Waals surface area (Å²) in [5.41, 5.74) is 3.08. The van der Waals surface area contributed by atoms with Crippen molar-refractivity contribution in [1.29, 1.82) is 0 Å². The molecule has 1 unspecified atom stereocenters. The maximum atomic E-state index is 12.8. The third-order valence-electron chi connectivity index (χ3n) is 4.66. The molecule has 0 aliphatic rings. The van der Waals surface area contributed by atoms with Crippen molar-refractivity contribution in [2.45, 2.75) is 39.8 Å². The Morgan fingerprint density at radius 3 is 2.62 bits per heavy atom. The average Bonchev–Trinajstić information content (AvgIpc) is 2.92. The number of carbonyl (C=O) groups excluding carboxylic acids is 1. The standard InChI is InChI=1S/C20H24N4O2/c1-5-13(2)21-17(25)12-24-18(26)11-16(15-9-7-6-8-10-15)19-14(3)22-23(4)20(19)24/h6-11,13H,5,12H2,1-4H3,(H,21,25). The number of rotatable bonds is 5. The van der Waals surface area contributed by atoms with E-state index in [0.717, 1.165) is 28.6 Å². The number of nitrogens with zero attached hydrogens (tertiary/aromatic N) is 3. The minimum absolute atomic E-state index is 0.0201. The van der Waals surface area contributed by atoms with E-state index in [1.165, 1.54) is 4.57 Å². The molecule has 1 amide bonds. The largest absolute Gasteiger partial charge is 0.352 e. The second-order valence-corrected chi connectivity index (χ2v) is 6.63. The van der Waals surface area contributed by atoms with Crippen LogP contribution in [0.4, 0.5) is 0 Å². The van der Waals surface area contributed by atoms with Gasteiger partial charge in [0, 0.05) is 24.5 Å². The first kappa shape index (κ1) is 17.9. The van der Waals surface area contributed by atoms with Gasteiger partial charge < -0.3 is 5.32 Å². The highest BCUT2D eigenvalue weighted by molar-refractivity contribution is 5.95. The molecule has 136 valence electrons. The van der Waals surface area contributed by atoms with E-state index in [4.69, 9.17) is 0 Å². The first-order valence-electron chi connectivity index (χ1n) is 8.84. The van der Waals surface area contributed by atoms with Crippen molar-refractivity contribution >= 4 is 16.9 Å². The number of pyridine rings is 1. The maximum absolute atomic E-state index is 12.8. The lowest BCUT2D eigenvalue weighted by molar-refractivity contribution is -0.122. The minimum Gasteiger partial charge on any atom is -0.352 e. The van der Waals surface area contributed by atoms with Gasteiger partial charge in [-0.1, -0.05) is 37.3 Å². The van der Waals surface area contributed by atoms with Crippen molar-refractivity contribution in [2.75, 3.05) is 0 Å². The number of nitrogens with one attached hydrogen (secondary N) is 1. The number of fused-ring (bicyclic) bond motifs is 1. The Labute approximate surface area is 152 Å². The van der Waals surface area contributed by atoms with Crippen LogP contribution in [0, 0.1) is 6.92 Å². The third-order valence-corrected chi connectivity index (χ3v) is 4.66. The van der Waals surface area contributed by atoms with E-state index in [0.29, 0.717) is 5.65 Å². The summed E-state index contributed by atoms with van der Waals surface area (Å²) in [5, 5.41) is 8.30. The zero-order valence-corrected chi connectivity index (χ0v) is 15.6. The molecular formula is C20H24N4O2. The molecule has 3 rings (SSSR count). The summed E-state index contributed by atoms with van der Waals surface area (Å²) in [6, 6.07) is 11.4. The van der Waals surface area contributed by atoms with E-state index < -0.39 is 0 Å². The fourth-order valence-electron chi connectivity index (χ4n) is 3.21. The van der Waals surface area contributed by atoms with Gasteiger partial charge in [0.15, 0.2) is 0 Å². The van der Waals surface area contributed by atoms with Gasteiger partial charge >= 0.3 is 0 Å². The zero-order valence-electron chi connectivity index (χ0n) is 15.6. The van der Waals surface area contributed by atoms with Crippen molar-refractivity contribution in [3.8, 4) is 11.1 Å². The molecule has 1 N–H and O–H groups in total. The fraction of sp³-hybridized carbons (Fsp3) is 0.350. The third kappa shape index (κ3) is 3.27. The maximum Gasteiger partial charge on any atom is 0.253 e. The Balaban J connectivity index is 2.16. The molecule has 26 heavy (non-hydrogen) atoms. The lowest BCUT2D eigenvalue weighted by Crippen LogP contribution is -2.37. The Morgan fingerprint density at radius 1 is 1.27 bits per heavy atom. The zero-order chi connectivity index (χ0) is 18.8. The van der Waals surface area contributed by atoms with E-state index in [1.807, 2.05) is 51.1 Å². The van der Waals surface area contributed by atoms with Crippen LogP contribution in [0.2, 0.25) is 0 Å². The molecule has 0 fully saturated rings. The van der Waals surface area contributed by atoms with Crippen molar-refractivity contribution < 1.29 is 4.79 Å². The molecule has 0 saturated heterocycles. The highest BCUT2D eigenvalue weighted by Gasteiger charge is 2.19. The predicted molar refractivity (Wildman–Crippen MR) is 103 cm³/mol. The Morgan fingerprint density at radius 2 is 1.96 bits per heavy atom. The molecule has 1 aromatic carbocycles. The van der Waals surface area contributed by atoms with Gasteiger partial charge in [0.05, 0.1) is 5.69 Å². The normalized spacial score (nSPS) is 12.3. The average molecular weight is 352 g/mol. The molecular weight excluding hydrogens is 328 g/mol. The molecule has 0 saturated carbocycles. The SMILES string of the molecule is CCC(C)NC(=O)Cn1c(=O)cc(-c2ccccc2)c2c(C)nn(C)c21. The second-order valence-electron chi connectivity index (χ2n) is 6.63. The highest BCUT2D eigenvalue weighted by atomic mass is 16.2. The second kappa shape index (κ2) is 7.15. The van der Waals surface area contributed by atoms with Gasteiger partial charge in [0.25, 0.3) is 5.56 Å². The van der Waals surface area contributed by atoms with Gasteiger partial charge in [-0.3, -0.25) is 18.8 Å². The van der Waals surface area contributed by atoms with Crippen LogP contribution in [0.25, 0.3) is 22.2 Å². The quantitative estimate of drug-likeness (QED) is 0.767. The van der Waals surface area contributed by atoms with Crippen LogP contribution in [0.3, 0.4) is 0 Å². The predicted octanol–water partition coefficient (Wildman–Crippen LogP) is 2.63. The van der Waals surface area contributed by atoms with E-state index in [2.05, 4.69) is 10.4 Å². The molecule has 0 aliphatic carbocycles. The van der Waals surface area contributed by atoms with Crippen LogP contribution >= 0.6 is 0 Å². The number of aryl methyl sites for hydroxylation is 2. The topological polar surface area (TPSA) is 68.9 Å². The van der Waals surface area contributed by atoms with Crippen LogP contribution in [0.5, 0.6) is 0 Å². The molecule has 6 nitrogen and oxygen atoms in total. The van der Waals surface area contributed by atoms with Crippen LogP contribution in [0.15, 0.2) is 41.2 Å². The number of aromatic nitrogens is 3. The Kier molecular flexibility index (Phi) is 4.93. The first-order chi connectivity index (χ1) is 12.4. The number of hydrogen-bond acceptors (Lipinski definition) is 3. The number of hydrogen-bond donors (Lipinski definition) is 1. The number of carbonyl (C=O) groups is 1. The van der Waals surface area contributed by atoms with Crippen LogP contribution in [0.1, 0.15) is 26.0 Å². The summed E-state index contributed by atoms with van der Waals surface area (Å²) >= 11 is 0. The Bertz CT molecular complexity index is 1000. The van der Waals surface area contributed by atoms with Gasteiger partial charge in [-0.05, 0) is 31.4 Å². The lowest BCUT2D eigenvalue weighted by atomic mass is 10.0. The molecule has 0 spiro atoms. The van der Waals surface area contributed by atoms with Crippen molar-refractivity contribution in [2.24, 2.45) is 7.05 Å². The smallest absolute Gasteiger partial charge is 0.253 e. The van der Waals surface area contributed by atoms with Crippen molar-refractivity contribution in [3.63, 3.8) is 0 Å². The summed E-state index contributed by atoms with van der Waals surface area (Å²) in [6.07, 6.45) is 0.841. The van der Waals surface area contributed by atoms with Gasteiger partial charge in [-0.15, -0.1) is 0 Å².